The van der Waals surface area contributed by atoms with Gasteiger partial charge in [0.05, 0.1) is 12.7 Å². The van der Waals surface area contributed by atoms with E-state index in [0.717, 1.165) is 26.2 Å². The summed E-state index contributed by atoms with van der Waals surface area (Å²) in [6.07, 6.45) is 5.69. The first-order valence-corrected chi connectivity index (χ1v) is 7.24. The summed E-state index contributed by atoms with van der Waals surface area (Å²) in [4.78, 5) is 2.57. The Morgan fingerprint density at radius 2 is 2.00 bits per heavy atom. The Labute approximate surface area is 107 Å². The van der Waals surface area contributed by atoms with Gasteiger partial charge in [0.15, 0.2) is 0 Å². The van der Waals surface area contributed by atoms with Gasteiger partial charge in [-0.1, -0.05) is 19.8 Å². The van der Waals surface area contributed by atoms with Crippen molar-refractivity contribution in [3.8, 4) is 0 Å². The Morgan fingerprint density at radius 3 is 2.59 bits per heavy atom. The molecule has 0 aromatic rings. The highest BCUT2D eigenvalue weighted by molar-refractivity contribution is 4.83. The Morgan fingerprint density at radius 1 is 1.29 bits per heavy atom. The van der Waals surface area contributed by atoms with Crippen LogP contribution in [0.2, 0.25) is 0 Å². The minimum atomic E-state index is 0.338. The molecule has 0 aromatic carbocycles. The summed E-state index contributed by atoms with van der Waals surface area (Å²) in [6.45, 7) is 10.3. The van der Waals surface area contributed by atoms with Gasteiger partial charge in [0.2, 0.25) is 0 Å². The Hall–Kier alpha value is -0.120. The maximum Gasteiger partial charge on any atom is 0.0597 e. The van der Waals surface area contributed by atoms with Crippen LogP contribution in [0.1, 0.15) is 46.5 Å². The largest absolute Gasteiger partial charge is 0.377 e. The molecule has 17 heavy (non-hydrogen) atoms. The van der Waals surface area contributed by atoms with E-state index in [1.807, 2.05) is 0 Å². The van der Waals surface area contributed by atoms with Crippen LogP contribution >= 0.6 is 0 Å². The fraction of sp³-hybridized carbons (Fsp3) is 1.00. The van der Waals surface area contributed by atoms with E-state index in [-0.39, 0.29) is 0 Å². The second kappa shape index (κ2) is 8.06. The molecule has 0 aromatic heterocycles. The van der Waals surface area contributed by atoms with E-state index in [0.29, 0.717) is 18.1 Å². The van der Waals surface area contributed by atoms with E-state index in [1.54, 1.807) is 0 Å². The molecule has 2 atom stereocenters. The normalized spacial score (nSPS) is 25.8. The Bertz CT molecular complexity index is 197. The maximum atomic E-state index is 5.91. The highest BCUT2D eigenvalue weighted by atomic mass is 16.5. The van der Waals surface area contributed by atoms with E-state index in [2.05, 4.69) is 25.7 Å². The van der Waals surface area contributed by atoms with Gasteiger partial charge in [-0.15, -0.1) is 0 Å². The molecule has 1 aliphatic rings. The molecule has 2 unspecified atom stereocenters. The quantitative estimate of drug-likeness (QED) is 0.744. The fourth-order valence-corrected chi connectivity index (χ4v) is 2.91. The van der Waals surface area contributed by atoms with Crippen LogP contribution in [0.25, 0.3) is 0 Å². The molecule has 0 aliphatic heterocycles. The van der Waals surface area contributed by atoms with Gasteiger partial charge in [-0.3, -0.25) is 4.90 Å². The third kappa shape index (κ3) is 4.94. The molecule has 3 nitrogen and oxygen atoms in total. The van der Waals surface area contributed by atoms with Crippen LogP contribution in [0.3, 0.4) is 0 Å². The minimum absolute atomic E-state index is 0.338. The molecular formula is C14H30N2O. The highest BCUT2D eigenvalue weighted by Gasteiger charge is 2.28. The first-order chi connectivity index (χ1) is 8.19. The van der Waals surface area contributed by atoms with Crippen LogP contribution in [0.5, 0.6) is 0 Å². The van der Waals surface area contributed by atoms with Crippen LogP contribution in [-0.2, 0) is 4.74 Å². The minimum Gasteiger partial charge on any atom is -0.377 e. The van der Waals surface area contributed by atoms with Gasteiger partial charge in [0.25, 0.3) is 0 Å². The number of ether oxygens (including phenoxy) is 1. The van der Waals surface area contributed by atoms with Crippen LogP contribution in [0.4, 0.5) is 0 Å². The van der Waals surface area contributed by atoms with Crippen molar-refractivity contribution in [3.05, 3.63) is 0 Å². The number of likely N-dealkylation sites (N-methyl/N-ethyl adjacent to an activating group) is 1. The predicted octanol–water partition coefficient (Wildman–Crippen LogP) is 2.25. The van der Waals surface area contributed by atoms with Crippen molar-refractivity contribution in [1.29, 1.82) is 0 Å². The lowest BCUT2D eigenvalue weighted by atomic mass is 9.83. The van der Waals surface area contributed by atoms with E-state index in [9.17, 15) is 0 Å². The molecule has 3 heteroatoms. The van der Waals surface area contributed by atoms with E-state index < -0.39 is 0 Å². The number of rotatable bonds is 7. The summed E-state index contributed by atoms with van der Waals surface area (Å²) in [7, 11) is 0. The molecule has 0 bridgehead atoms. The van der Waals surface area contributed by atoms with Gasteiger partial charge in [-0.25, -0.2) is 0 Å². The Kier molecular flexibility index (Phi) is 7.09. The second-order valence-corrected chi connectivity index (χ2v) is 5.40. The van der Waals surface area contributed by atoms with Gasteiger partial charge in [0.1, 0.15) is 0 Å². The van der Waals surface area contributed by atoms with E-state index in [1.165, 1.54) is 25.7 Å². The molecule has 0 heterocycles. The first-order valence-electron chi connectivity index (χ1n) is 7.24. The predicted molar refractivity (Wildman–Crippen MR) is 73.1 cm³/mol. The summed E-state index contributed by atoms with van der Waals surface area (Å²) >= 11 is 0. The van der Waals surface area contributed by atoms with Crippen molar-refractivity contribution in [2.45, 2.75) is 58.6 Å². The number of nitrogens with zero attached hydrogens (tertiary/aromatic N) is 1. The van der Waals surface area contributed by atoms with Crippen LogP contribution in [-0.4, -0.2) is 43.3 Å². The second-order valence-electron chi connectivity index (χ2n) is 5.40. The Balaban J connectivity index is 2.40. The third-order valence-electron chi connectivity index (χ3n) is 3.88. The SMILES string of the molecule is CCN(CCOC(C)C)C1CCCCC1CN. The summed E-state index contributed by atoms with van der Waals surface area (Å²) in [5.74, 6) is 0.697. The van der Waals surface area contributed by atoms with Crippen LogP contribution in [0.15, 0.2) is 0 Å². The lowest BCUT2D eigenvalue weighted by Gasteiger charge is -2.39. The van der Waals surface area contributed by atoms with Crippen molar-refractivity contribution in [2.75, 3.05) is 26.2 Å². The summed E-state index contributed by atoms with van der Waals surface area (Å²) in [6, 6.07) is 0.689. The van der Waals surface area contributed by atoms with Gasteiger partial charge >= 0.3 is 0 Å². The molecule has 1 saturated carbocycles. The molecule has 102 valence electrons. The van der Waals surface area contributed by atoms with Crippen molar-refractivity contribution < 1.29 is 4.74 Å². The summed E-state index contributed by atoms with van der Waals surface area (Å²) in [5, 5.41) is 0. The zero-order chi connectivity index (χ0) is 12.7. The van der Waals surface area contributed by atoms with Crippen molar-refractivity contribution in [3.63, 3.8) is 0 Å². The van der Waals surface area contributed by atoms with Crippen molar-refractivity contribution >= 4 is 0 Å². The summed E-state index contributed by atoms with van der Waals surface area (Å²) in [5.41, 5.74) is 5.91. The number of hydrogen-bond acceptors (Lipinski definition) is 3. The molecule has 2 N–H and O–H groups in total. The van der Waals surface area contributed by atoms with E-state index in [4.69, 9.17) is 10.5 Å². The van der Waals surface area contributed by atoms with Gasteiger partial charge in [0, 0.05) is 12.6 Å². The smallest absolute Gasteiger partial charge is 0.0597 e. The lowest BCUT2D eigenvalue weighted by molar-refractivity contribution is 0.0338. The van der Waals surface area contributed by atoms with Crippen LogP contribution < -0.4 is 5.73 Å². The standard InChI is InChI=1S/C14H30N2O/c1-4-16(9-10-17-12(2)3)14-8-6-5-7-13(14)11-15/h12-14H,4-11,15H2,1-3H3. The van der Waals surface area contributed by atoms with Crippen molar-refractivity contribution in [2.24, 2.45) is 11.7 Å². The van der Waals surface area contributed by atoms with Gasteiger partial charge in [-0.05, 0) is 45.7 Å². The average molecular weight is 242 g/mol. The molecule has 0 spiro atoms. The third-order valence-corrected chi connectivity index (χ3v) is 3.88. The monoisotopic (exact) mass is 242 g/mol. The molecule has 1 aliphatic carbocycles. The first kappa shape index (κ1) is 14.9. The number of hydrogen-bond donors (Lipinski definition) is 1. The van der Waals surface area contributed by atoms with E-state index >= 15 is 0 Å². The zero-order valence-corrected chi connectivity index (χ0v) is 11.8. The number of nitrogens with two attached hydrogens (primary N) is 1. The highest BCUT2D eigenvalue weighted by Crippen LogP contribution is 2.27. The maximum absolute atomic E-state index is 5.91. The molecule has 1 fully saturated rings. The molecular weight excluding hydrogens is 212 g/mol. The average Bonchev–Trinajstić information content (AvgIpc) is 2.34. The lowest BCUT2D eigenvalue weighted by Crippen LogP contribution is -2.46. The topological polar surface area (TPSA) is 38.5 Å². The molecule has 0 amide bonds. The molecule has 1 rings (SSSR count). The molecule has 0 saturated heterocycles. The van der Waals surface area contributed by atoms with Crippen molar-refractivity contribution in [1.82, 2.24) is 4.90 Å². The zero-order valence-electron chi connectivity index (χ0n) is 11.8. The fourth-order valence-electron chi connectivity index (χ4n) is 2.91. The summed E-state index contributed by atoms with van der Waals surface area (Å²) < 4.78 is 5.66. The van der Waals surface area contributed by atoms with Gasteiger partial charge < -0.3 is 10.5 Å². The van der Waals surface area contributed by atoms with Gasteiger partial charge in [-0.2, -0.15) is 0 Å². The van der Waals surface area contributed by atoms with Crippen LogP contribution in [0, 0.1) is 5.92 Å². The molecule has 0 radical (unpaired) electrons.